The molecule has 0 atom stereocenters. The van der Waals surface area contributed by atoms with E-state index in [-0.39, 0.29) is 5.91 Å². The maximum Gasteiger partial charge on any atom is 0.258 e. The minimum atomic E-state index is 0.0134. The molecule has 1 aliphatic rings. The first-order valence-corrected chi connectivity index (χ1v) is 9.06. The molecular weight excluding hydrogens is 336 g/mol. The van der Waals surface area contributed by atoms with Crippen LogP contribution in [-0.4, -0.2) is 27.4 Å². The largest absolute Gasteiger partial charge is 0.308 e. The number of benzene rings is 3. The van der Waals surface area contributed by atoms with E-state index in [4.69, 9.17) is 0 Å². The molecule has 0 saturated heterocycles. The number of hydrogen-bond acceptors (Lipinski definition) is 3. The van der Waals surface area contributed by atoms with Gasteiger partial charge in [-0.2, -0.15) is 0 Å². The van der Waals surface area contributed by atoms with Crippen molar-refractivity contribution >= 4 is 22.6 Å². The highest BCUT2D eigenvalue weighted by Gasteiger charge is 2.25. The summed E-state index contributed by atoms with van der Waals surface area (Å²) in [6, 6.07) is 23.9. The van der Waals surface area contributed by atoms with Crippen LogP contribution >= 0.6 is 0 Å². The van der Waals surface area contributed by atoms with Gasteiger partial charge in [-0.25, -0.2) is 4.68 Å². The lowest BCUT2D eigenvalue weighted by molar-refractivity contribution is 0.0989. The number of carbonyl (C=O) groups excluding carboxylic acids is 1. The number of anilines is 1. The van der Waals surface area contributed by atoms with Crippen LogP contribution < -0.4 is 4.90 Å². The Hall–Kier alpha value is -3.47. The van der Waals surface area contributed by atoms with Crippen molar-refractivity contribution in [2.24, 2.45) is 0 Å². The molecule has 1 amide bonds. The van der Waals surface area contributed by atoms with Crippen molar-refractivity contribution in [2.75, 3.05) is 11.4 Å². The van der Waals surface area contributed by atoms with Crippen LogP contribution in [0.1, 0.15) is 21.5 Å². The average Bonchev–Trinajstić information content (AvgIpc) is 3.32. The number of fused-ring (bicyclic) bond motifs is 2. The van der Waals surface area contributed by atoms with E-state index >= 15 is 0 Å². The van der Waals surface area contributed by atoms with Gasteiger partial charge in [0.25, 0.3) is 5.91 Å². The quantitative estimate of drug-likeness (QED) is 0.564. The lowest BCUT2D eigenvalue weighted by Crippen LogP contribution is -2.28. The molecule has 3 aromatic carbocycles. The van der Waals surface area contributed by atoms with Gasteiger partial charge >= 0.3 is 0 Å². The highest BCUT2D eigenvalue weighted by molar-refractivity contribution is 6.08. The minimum absolute atomic E-state index is 0.0134. The summed E-state index contributed by atoms with van der Waals surface area (Å²) in [5, 5.41) is 8.54. The molecule has 0 radical (unpaired) electrons. The van der Waals surface area contributed by atoms with Gasteiger partial charge in [-0.15, -0.1) is 5.10 Å². The fourth-order valence-corrected chi connectivity index (χ4v) is 3.68. The molecule has 5 heteroatoms. The molecular formula is C22H18N4O. The third kappa shape index (κ3) is 2.77. The summed E-state index contributed by atoms with van der Waals surface area (Å²) in [5.41, 5.74) is 5.71. The molecule has 5 rings (SSSR count). The average molecular weight is 354 g/mol. The third-order valence-electron chi connectivity index (χ3n) is 5.07. The van der Waals surface area contributed by atoms with Crippen molar-refractivity contribution in [3.05, 3.63) is 89.5 Å². The van der Waals surface area contributed by atoms with Gasteiger partial charge in [0, 0.05) is 17.8 Å². The summed E-state index contributed by atoms with van der Waals surface area (Å²) in [5.74, 6) is 0.0134. The fraction of sp³-hybridized carbons (Fsp3) is 0.136. The zero-order valence-electron chi connectivity index (χ0n) is 14.7. The molecule has 1 aromatic heterocycles. The Kier molecular flexibility index (Phi) is 3.71. The number of para-hydroxylation sites is 1. The van der Waals surface area contributed by atoms with Crippen molar-refractivity contribution < 1.29 is 4.79 Å². The maximum atomic E-state index is 13.0. The number of hydrogen-bond donors (Lipinski definition) is 0. The van der Waals surface area contributed by atoms with Crippen molar-refractivity contribution in [3.8, 4) is 0 Å². The van der Waals surface area contributed by atoms with E-state index in [9.17, 15) is 4.79 Å². The molecule has 0 fully saturated rings. The molecule has 0 saturated carbocycles. The highest BCUT2D eigenvalue weighted by Crippen LogP contribution is 2.29. The molecule has 0 bridgehead atoms. The van der Waals surface area contributed by atoms with Gasteiger partial charge in [0.05, 0.1) is 12.1 Å². The molecule has 4 aromatic rings. The second-order valence-electron chi connectivity index (χ2n) is 6.77. The molecule has 0 spiro atoms. The van der Waals surface area contributed by atoms with Crippen molar-refractivity contribution in [1.82, 2.24) is 15.0 Å². The van der Waals surface area contributed by atoms with Crippen molar-refractivity contribution in [1.29, 1.82) is 0 Å². The van der Waals surface area contributed by atoms with Crippen LogP contribution in [0.3, 0.4) is 0 Å². The Bertz CT molecular complexity index is 1130. The summed E-state index contributed by atoms with van der Waals surface area (Å²) in [6.45, 7) is 1.38. The monoisotopic (exact) mass is 354 g/mol. The Morgan fingerprint density at radius 1 is 0.963 bits per heavy atom. The van der Waals surface area contributed by atoms with Gasteiger partial charge < -0.3 is 4.90 Å². The van der Waals surface area contributed by atoms with Crippen LogP contribution in [0.2, 0.25) is 0 Å². The molecule has 0 N–H and O–H groups in total. The normalized spacial score (nSPS) is 13.1. The van der Waals surface area contributed by atoms with E-state index < -0.39 is 0 Å². The smallest absolute Gasteiger partial charge is 0.258 e. The van der Waals surface area contributed by atoms with E-state index in [1.165, 1.54) is 5.56 Å². The first-order chi connectivity index (χ1) is 13.3. The predicted octanol–water partition coefficient (Wildman–Crippen LogP) is 3.68. The Balaban J connectivity index is 1.45. The Morgan fingerprint density at radius 2 is 1.78 bits per heavy atom. The van der Waals surface area contributed by atoms with Crippen LogP contribution in [0.15, 0.2) is 72.8 Å². The lowest BCUT2D eigenvalue weighted by atomic mass is 10.1. The molecule has 5 nitrogen and oxygen atoms in total. The van der Waals surface area contributed by atoms with Gasteiger partial charge in [0.1, 0.15) is 5.52 Å². The standard InChI is InChI=1S/C22H18N4O/c27-22(25-13-12-17-8-4-5-9-20(17)25)18-10-11-21-19(14-18)23-24-26(21)15-16-6-2-1-3-7-16/h1-11,14H,12-13,15H2. The van der Waals surface area contributed by atoms with Gasteiger partial charge in [0.15, 0.2) is 0 Å². The Labute approximate surface area is 156 Å². The molecule has 132 valence electrons. The van der Waals surface area contributed by atoms with Crippen LogP contribution in [0.4, 0.5) is 5.69 Å². The molecule has 1 aliphatic heterocycles. The predicted molar refractivity (Wildman–Crippen MR) is 105 cm³/mol. The summed E-state index contributed by atoms with van der Waals surface area (Å²) in [6.07, 6.45) is 0.900. The van der Waals surface area contributed by atoms with Crippen molar-refractivity contribution in [3.63, 3.8) is 0 Å². The van der Waals surface area contributed by atoms with E-state index in [2.05, 4.69) is 28.5 Å². The van der Waals surface area contributed by atoms with Crippen LogP contribution in [0.25, 0.3) is 11.0 Å². The van der Waals surface area contributed by atoms with E-state index in [1.54, 1.807) is 0 Å². The van der Waals surface area contributed by atoms with E-state index in [0.29, 0.717) is 12.1 Å². The molecule has 0 unspecified atom stereocenters. The fourth-order valence-electron chi connectivity index (χ4n) is 3.68. The summed E-state index contributed by atoms with van der Waals surface area (Å²) in [7, 11) is 0. The zero-order chi connectivity index (χ0) is 18.2. The van der Waals surface area contributed by atoms with Crippen molar-refractivity contribution in [2.45, 2.75) is 13.0 Å². The first kappa shape index (κ1) is 15.8. The van der Waals surface area contributed by atoms with Gasteiger partial charge in [-0.1, -0.05) is 53.7 Å². The van der Waals surface area contributed by atoms with Gasteiger partial charge in [0.2, 0.25) is 0 Å². The summed E-state index contributed by atoms with van der Waals surface area (Å²) < 4.78 is 1.87. The number of nitrogens with zero attached hydrogens (tertiary/aromatic N) is 4. The SMILES string of the molecule is O=C(c1ccc2c(c1)nnn2Cc1ccccc1)N1CCc2ccccc21. The zero-order valence-corrected chi connectivity index (χ0v) is 14.7. The maximum absolute atomic E-state index is 13.0. The number of carbonyl (C=O) groups is 1. The van der Waals surface area contributed by atoms with E-state index in [0.717, 1.165) is 35.2 Å². The second-order valence-corrected chi connectivity index (χ2v) is 6.77. The third-order valence-corrected chi connectivity index (χ3v) is 5.07. The molecule has 0 aliphatic carbocycles. The number of aromatic nitrogens is 3. The summed E-state index contributed by atoms with van der Waals surface area (Å²) in [4.78, 5) is 14.9. The lowest BCUT2D eigenvalue weighted by Gasteiger charge is -2.17. The molecule has 2 heterocycles. The number of rotatable bonds is 3. The Morgan fingerprint density at radius 3 is 2.67 bits per heavy atom. The van der Waals surface area contributed by atoms with Crippen LogP contribution in [0, 0.1) is 0 Å². The number of amides is 1. The first-order valence-electron chi connectivity index (χ1n) is 9.06. The van der Waals surface area contributed by atoms with Crippen LogP contribution in [0.5, 0.6) is 0 Å². The minimum Gasteiger partial charge on any atom is -0.308 e. The summed E-state index contributed by atoms with van der Waals surface area (Å²) >= 11 is 0. The second kappa shape index (κ2) is 6.36. The van der Waals surface area contributed by atoms with E-state index in [1.807, 2.05) is 64.2 Å². The topological polar surface area (TPSA) is 51.0 Å². The highest BCUT2D eigenvalue weighted by atomic mass is 16.2. The van der Waals surface area contributed by atoms with Gasteiger partial charge in [-0.3, -0.25) is 4.79 Å². The van der Waals surface area contributed by atoms with Crippen LogP contribution in [-0.2, 0) is 13.0 Å². The molecule has 27 heavy (non-hydrogen) atoms. The van der Waals surface area contributed by atoms with Gasteiger partial charge in [-0.05, 0) is 41.8 Å².